The fraction of sp³-hybridized carbons (Fsp3) is 0.455. The zero-order chi connectivity index (χ0) is 16.4. The van der Waals surface area contributed by atoms with Crippen molar-refractivity contribution in [3.05, 3.63) is 53.6 Å². The molecule has 2 aromatic rings. The number of nitrogens with one attached hydrogen (secondary N) is 1. The molecule has 1 N–H and O–H groups in total. The van der Waals surface area contributed by atoms with Gasteiger partial charge in [0, 0.05) is 25.3 Å². The second-order valence-electron chi connectivity index (χ2n) is 7.49. The number of hydrogen-bond donors (Lipinski definition) is 1. The average molecular weight is 320 g/mol. The third-order valence-corrected chi connectivity index (χ3v) is 5.68. The Labute approximate surface area is 145 Å². The minimum absolute atomic E-state index is 0.790. The number of nitrogens with zero attached hydrogens (tertiary/aromatic N) is 1. The van der Waals surface area contributed by atoms with Gasteiger partial charge in [0.25, 0.3) is 0 Å². The normalized spacial score (nSPS) is 19.4. The molecule has 4 rings (SSSR count). The van der Waals surface area contributed by atoms with Crippen LogP contribution in [0, 0.1) is 0 Å². The van der Waals surface area contributed by atoms with Crippen LogP contribution < -0.4 is 5.32 Å². The smallest absolute Gasteiger partial charge is 0.0386 e. The summed E-state index contributed by atoms with van der Waals surface area (Å²) in [6.45, 7) is 3.15. The fourth-order valence-electron chi connectivity index (χ4n) is 4.21. The highest BCUT2D eigenvalue weighted by Gasteiger charge is 2.16. The van der Waals surface area contributed by atoms with Gasteiger partial charge in [-0.05, 0) is 60.2 Å². The van der Waals surface area contributed by atoms with Crippen LogP contribution in [0.3, 0.4) is 0 Å². The van der Waals surface area contributed by atoms with Gasteiger partial charge in [-0.1, -0.05) is 49.6 Å². The molecule has 0 aromatic heterocycles. The van der Waals surface area contributed by atoms with Crippen LogP contribution in [0.15, 0.2) is 42.5 Å². The van der Waals surface area contributed by atoms with Gasteiger partial charge in [0.05, 0.1) is 0 Å². The Morgan fingerprint density at radius 2 is 1.67 bits per heavy atom. The summed E-state index contributed by atoms with van der Waals surface area (Å²) in [4.78, 5) is 2.38. The maximum Gasteiger partial charge on any atom is 0.0386 e. The third kappa shape index (κ3) is 3.34. The van der Waals surface area contributed by atoms with E-state index in [2.05, 4.69) is 59.7 Å². The summed E-state index contributed by atoms with van der Waals surface area (Å²) < 4.78 is 0. The molecule has 2 aromatic carbocycles. The number of anilines is 1. The molecular weight excluding hydrogens is 292 g/mol. The predicted molar refractivity (Wildman–Crippen MR) is 103 cm³/mol. The zero-order valence-corrected chi connectivity index (χ0v) is 14.7. The van der Waals surface area contributed by atoms with E-state index in [1.807, 2.05) is 0 Å². The standard InChI is InChI=1S/C22H28N2/c1-24-14-13-23-22-12-11-20(15-21(22)16-24)19-9-7-18(8-10-19)17-5-3-2-4-6-17/h7-12,15,17,23H,2-6,13-14,16H2,1H3. The van der Waals surface area contributed by atoms with Gasteiger partial charge in [-0.3, -0.25) is 0 Å². The molecule has 1 heterocycles. The zero-order valence-electron chi connectivity index (χ0n) is 14.7. The summed E-state index contributed by atoms with van der Waals surface area (Å²) in [5.41, 5.74) is 6.91. The van der Waals surface area contributed by atoms with Crippen molar-refractivity contribution in [3.63, 3.8) is 0 Å². The molecule has 0 unspecified atom stereocenters. The van der Waals surface area contributed by atoms with Crippen LogP contribution in [-0.4, -0.2) is 25.0 Å². The Morgan fingerprint density at radius 3 is 2.46 bits per heavy atom. The lowest BCUT2D eigenvalue weighted by Gasteiger charge is -2.22. The van der Waals surface area contributed by atoms with Crippen LogP contribution in [0.4, 0.5) is 5.69 Å². The lowest BCUT2D eigenvalue weighted by molar-refractivity contribution is 0.346. The van der Waals surface area contributed by atoms with E-state index in [1.54, 1.807) is 0 Å². The van der Waals surface area contributed by atoms with Crippen LogP contribution in [0.25, 0.3) is 11.1 Å². The van der Waals surface area contributed by atoms with Crippen LogP contribution in [0.1, 0.15) is 49.1 Å². The maximum absolute atomic E-state index is 3.54. The van der Waals surface area contributed by atoms with E-state index >= 15 is 0 Å². The molecule has 126 valence electrons. The summed E-state index contributed by atoms with van der Waals surface area (Å²) in [6, 6.07) is 16.2. The van der Waals surface area contributed by atoms with Gasteiger partial charge >= 0.3 is 0 Å². The number of benzene rings is 2. The minimum Gasteiger partial charge on any atom is -0.383 e. The Hall–Kier alpha value is -1.80. The lowest BCUT2D eigenvalue weighted by atomic mass is 9.83. The first-order chi connectivity index (χ1) is 11.8. The molecule has 2 aliphatic rings. The predicted octanol–water partition coefficient (Wildman–Crippen LogP) is 5.26. The maximum atomic E-state index is 3.54. The van der Waals surface area contributed by atoms with Crippen molar-refractivity contribution in [2.24, 2.45) is 0 Å². The Balaban J connectivity index is 1.57. The first-order valence-electron chi connectivity index (χ1n) is 9.45. The van der Waals surface area contributed by atoms with Crippen molar-refractivity contribution in [2.75, 3.05) is 25.5 Å². The molecule has 1 saturated carbocycles. The summed E-state index contributed by atoms with van der Waals surface area (Å²) in [5, 5.41) is 3.54. The second kappa shape index (κ2) is 6.98. The molecule has 2 nitrogen and oxygen atoms in total. The van der Waals surface area contributed by atoms with E-state index in [1.165, 1.54) is 60.0 Å². The van der Waals surface area contributed by atoms with Crippen molar-refractivity contribution in [2.45, 2.75) is 44.6 Å². The Bertz CT molecular complexity index is 684. The van der Waals surface area contributed by atoms with Gasteiger partial charge in [0.15, 0.2) is 0 Å². The molecule has 0 bridgehead atoms. The highest BCUT2D eigenvalue weighted by atomic mass is 15.1. The van der Waals surface area contributed by atoms with Crippen molar-refractivity contribution in [1.29, 1.82) is 0 Å². The Morgan fingerprint density at radius 1 is 0.917 bits per heavy atom. The second-order valence-corrected chi connectivity index (χ2v) is 7.49. The molecule has 0 saturated heterocycles. The highest BCUT2D eigenvalue weighted by Crippen LogP contribution is 2.34. The molecular formula is C22H28N2. The van der Waals surface area contributed by atoms with Gasteiger partial charge < -0.3 is 10.2 Å². The number of fused-ring (bicyclic) bond motifs is 1. The van der Waals surface area contributed by atoms with Crippen LogP contribution in [0.5, 0.6) is 0 Å². The highest BCUT2D eigenvalue weighted by molar-refractivity contribution is 5.69. The molecule has 24 heavy (non-hydrogen) atoms. The first kappa shape index (κ1) is 15.7. The van der Waals surface area contributed by atoms with E-state index in [0.717, 1.165) is 25.6 Å². The van der Waals surface area contributed by atoms with Crippen molar-refractivity contribution >= 4 is 5.69 Å². The SMILES string of the molecule is CN1CCNc2ccc(-c3ccc(C4CCCCC4)cc3)cc2C1. The van der Waals surface area contributed by atoms with E-state index in [0.29, 0.717) is 0 Å². The van der Waals surface area contributed by atoms with Gasteiger partial charge in [-0.15, -0.1) is 0 Å². The van der Waals surface area contributed by atoms with Crippen molar-refractivity contribution in [1.82, 2.24) is 4.90 Å². The summed E-state index contributed by atoms with van der Waals surface area (Å²) in [5.74, 6) is 0.790. The average Bonchev–Trinajstić information content (AvgIpc) is 2.82. The topological polar surface area (TPSA) is 15.3 Å². The molecule has 0 atom stereocenters. The van der Waals surface area contributed by atoms with Gasteiger partial charge in [-0.2, -0.15) is 0 Å². The van der Waals surface area contributed by atoms with E-state index in [9.17, 15) is 0 Å². The number of hydrogen-bond acceptors (Lipinski definition) is 2. The van der Waals surface area contributed by atoms with Gasteiger partial charge in [0.1, 0.15) is 0 Å². The van der Waals surface area contributed by atoms with E-state index < -0.39 is 0 Å². The molecule has 0 spiro atoms. The molecule has 1 aliphatic carbocycles. The van der Waals surface area contributed by atoms with Crippen LogP contribution in [0.2, 0.25) is 0 Å². The van der Waals surface area contributed by atoms with E-state index in [-0.39, 0.29) is 0 Å². The molecule has 0 radical (unpaired) electrons. The first-order valence-corrected chi connectivity index (χ1v) is 9.45. The minimum atomic E-state index is 0.790. The fourth-order valence-corrected chi connectivity index (χ4v) is 4.21. The summed E-state index contributed by atoms with van der Waals surface area (Å²) in [6.07, 6.45) is 6.97. The Kier molecular flexibility index (Phi) is 4.57. The van der Waals surface area contributed by atoms with Crippen molar-refractivity contribution < 1.29 is 0 Å². The quantitative estimate of drug-likeness (QED) is 0.812. The molecule has 1 fully saturated rings. The monoisotopic (exact) mass is 320 g/mol. The van der Waals surface area contributed by atoms with Gasteiger partial charge in [0.2, 0.25) is 0 Å². The van der Waals surface area contributed by atoms with E-state index in [4.69, 9.17) is 0 Å². The summed E-state index contributed by atoms with van der Waals surface area (Å²) >= 11 is 0. The van der Waals surface area contributed by atoms with Gasteiger partial charge in [-0.25, -0.2) is 0 Å². The molecule has 1 aliphatic heterocycles. The van der Waals surface area contributed by atoms with Crippen LogP contribution >= 0.6 is 0 Å². The van der Waals surface area contributed by atoms with Crippen molar-refractivity contribution in [3.8, 4) is 11.1 Å². The summed E-state index contributed by atoms with van der Waals surface area (Å²) in [7, 11) is 2.20. The molecule has 0 amide bonds. The largest absolute Gasteiger partial charge is 0.383 e. The molecule has 2 heteroatoms. The van der Waals surface area contributed by atoms with Crippen LogP contribution in [-0.2, 0) is 6.54 Å². The third-order valence-electron chi connectivity index (χ3n) is 5.68. The number of likely N-dealkylation sites (N-methyl/N-ethyl adjacent to an activating group) is 1. The number of rotatable bonds is 2. The lowest BCUT2D eigenvalue weighted by Crippen LogP contribution is -2.20.